The summed E-state index contributed by atoms with van der Waals surface area (Å²) in [7, 11) is 0. The van der Waals surface area contributed by atoms with Crippen molar-refractivity contribution in [3.63, 3.8) is 0 Å². The molecule has 82 valence electrons. The minimum Gasteiger partial charge on any atom is 3.00 e. The smallest absolute Gasteiger partial charge is 3.00 e. The zero-order valence-corrected chi connectivity index (χ0v) is 14.7. The molecule has 0 spiro atoms. The van der Waals surface area contributed by atoms with Crippen molar-refractivity contribution in [2.24, 2.45) is 0 Å². The summed E-state index contributed by atoms with van der Waals surface area (Å²) in [6.07, 6.45) is 0. The number of hydrogen-bond acceptors (Lipinski definition) is 9. The molecular formula is As2O9Se3. The van der Waals surface area contributed by atoms with E-state index >= 15 is 0 Å². The maximum absolute atomic E-state index is 8.54. The summed E-state index contributed by atoms with van der Waals surface area (Å²) < 4.78 is 76.9. The Kier molecular flexibility index (Phi) is 51.3. The first-order valence-corrected chi connectivity index (χ1v) is 7.79. The van der Waals surface area contributed by atoms with Crippen molar-refractivity contribution in [3.05, 3.63) is 0 Å². The topological polar surface area (TPSA) is 190 Å². The first-order chi connectivity index (χ1) is 5.20. The molecular weight excluding hydrogens is 531 g/mol. The van der Waals surface area contributed by atoms with Crippen LogP contribution in [-0.4, -0.2) is 79.4 Å². The van der Waals surface area contributed by atoms with Gasteiger partial charge in [-0.05, 0) is 0 Å². The minimum absolute atomic E-state index is 0. The normalized spacial score (nSPS) is 7.50. The molecule has 0 aliphatic heterocycles. The molecule has 0 saturated heterocycles. The fraction of sp³-hybridized carbons (Fsp3) is 0. The van der Waals surface area contributed by atoms with Gasteiger partial charge in [0.05, 0.1) is 0 Å². The van der Waals surface area contributed by atoms with Gasteiger partial charge >= 0.3 is 116 Å². The van der Waals surface area contributed by atoms with E-state index in [0.29, 0.717) is 0 Å². The Balaban J connectivity index is -0.0000000270. The SMILES string of the molecule is O=[Se]([O-])[O-].O=[Se]([O-])[O-].O=[Se]([O-])[O-].[As+3].[As+3]. The maximum Gasteiger partial charge on any atom is 3.00 e. The predicted octanol–water partition coefficient (Wildman–Crippen LogP) is -9.39. The van der Waals surface area contributed by atoms with Crippen molar-refractivity contribution in [1.82, 2.24) is 0 Å². The molecule has 0 saturated carbocycles. The van der Waals surface area contributed by atoms with Crippen molar-refractivity contribution in [2.45, 2.75) is 0 Å². The average Bonchev–Trinajstić information content (AvgIpc) is 1.54. The molecule has 0 heterocycles. The predicted molar refractivity (Wildman–Crippen MR) is 30.8 cm³/mol. The van der Waals surface area contributed by atoms with E-state index in [2.05, 4.69) is 0 Å². The van der Waals surface area contributed by atoms with E-state index in [1.165, 1.54) is 0 Å². The van der Waals surface area contributed by atoms with E-state index in [-0.39, 0.29) is 35.9 Å². The summed E-state index contributed by atoms with van der Waals surface area (Å²) in [4.78, 5) is 0. The first-order valence-electron chi connectivity index (χ1n) is 1.50. The molecule has 0 N–H and O–H groups in total. The zero-order chi connectivity index (χ0) is 10.7. The van der Waals surface area contributed by atoms with Crippen LogP contribution in [0, 0.1) is 0 Å². The van der Waals surface area contributed by atoms with Crippen molar-refractivity contribution in [3.8, 4) is 0 Å². The van der Waals surface area contributed by atoms with Gasteiger partial charge < -0.3 is 0 Å². The molecule has 0 aromatic carbocycles. The van der Waals surface area contributed by atoms with Gasteiger partial charge in [0.15, 0.2) is 0 Å². The van der Waals surface area contributed by atoms with Gasteiger partial charge in [-0.25, -0.2) is 0 Å². The largest absolute Gasteiger partial charge is 3.00 e. The molecule has 0 aromatic rings. The van der Waals surface area contributed by atoms with E-state index in [0.717, 1.165) is 0 Å². The van der Waals surface area contributed by atoms with Gasteiger partial charge in [-0.3, -0.25) is 0 Å². The molecule has 0 bridgehead atoms. The van der Waals surface area contributed by atoms with Crippen molar-refractivity contribution < 1.29 is 36.6 Å². The molecule has 0 aliphatic rings. The molecule has 0 aliphatic carbocycles. The molecule has 0 rings (SSSR count). The molecule has 0 unspecified atom stereocenters. The molecule has 14 heavy (non-hydrogen) atoms. The van der Waals surface area contributed by atoms with Crippen LogP contribution in [0.15, 0.2) is 0 Å². The Hall–Kier alpha value is 1.84. The van der Waals surface area contributed by atoms with E-state index in [9.17, 15) is 0 Å². The van der Waals surface area contributed by atoms with Crippen molar-refractivity contribution in [1.29, 1.82) is 0 Å². The van der Waals surface area contributed by atoms with Crippen LogP contribution in [0.2, 0.25) is 0 Å². The van der Waals surface area contributed by atoms with E-state index in [1.54, 1.807) is 0 Å². The van der Waals surface area contributed by atoms with Gasteiger partial charge in [0.25, 0.3) is 0 Å². The van der Waals surface area contributed by atoms with Gasteiger partial charge in [0.2, 0.25) is 0 Å². The second-order valence-electron chi connectivity index (χ2n) is 0.612. The van der Waals surface area contributed by atoms with E-state index in [4.69, 9.17) is 36.6 Å². The summed E-state index contributed by atoms with van der Waals surface area (Å²) in [6.45, 7) is 0. The monoisotopic (exact) mass is 534 g/mol. The summed E-state index contributed by atoms with van der Waals surface area (Å²) in [5.41, 5.74) is 0. The molecule has 0 fully saturated rings. The Bertz CT molecular complexity index is 116. The second kappa shape index (κ2) is 24.2. The Morgan fingerprint density at radius 2 is 0.500 bits per heavy atom. The molecule has 0 aromatic heterocycles. The van der Waals surface area contributed by atoms with Crippen LogP contribution in [0.5, 0.6) is 0 Å². The molecule has 9 nitrogen and oxygen atoms in total. The molecule has 0 amide bonds. The van der Waals surface area contributed by atoms with Gasteiger partial charge in [-0.2, -0.15) is 0 Å². The van der Waals surface area contributed by atoms with Crippen LogP contribution in [0.4, 0.5) is 0 Å². The maximum atomic E-state index is 8.54. The van der Waals surface area contributed by atoms with Crippen LogP contribution in [0.1, 0.15) is 0 Å². The zero-order valence-electron chi connectivity index (χ0n) is 5.79. The number of rotatable bonds is 0. The van der Waals surface area contributed by atoms with Crippen molar-refractivity contribution in [2.75, 3.05) is 0 Å². The van der Waals surface area contributed by atoms with Crippen LogP contribution in [0.3, 0.4) is 0 Å². The first kappa shape index (κ1) is 29.7. The average molecular weight is 531 g/mol. The van der Waals surface area contributed by atoms with Gasteiger partial charge in [-0.1, -0.05) is 0 Å². The van der Waals surface area contributed by atoms with Gasteiger partial charge in [0, 0.05) is 0 Å². The Morgan fingerprint density at radius 1 is 0.500 bits per heavy atom. The minimum atomic E-state index is -3.79. The molecule has 0 atom stereocenters. The molecule has 14 heteroatoms. The van der Waals surface area contributed by atoms with Crippen molar-refractivity contribution >= 4 is 79.4 Å². The van der Waals surface area contributed by atoms with E-state index < -0.39 is 43.5 Å². The summed E-state index contributed by atoms with van der Waals surface area (Å²) in [5, 5.41) is 0. The Morgan fingerprint density at radius 3 is 0.500 bits per heavy atom. The third-order valence-electron chi connectivity index (χ3n) is 0. The van der Waals surface area contributed by atoms with Crippen LogP contribution < -0.4 is 25.1 Å². The van der Waals surface area contributed by atoms with Crippen LogP contribution in [-0.2, 0) is 11.5 Å². The Labute approximate surface area is 115 Å². The fourth-order valence-electron chi connectivity index (χ4n) is 0. The third-order valence-corrected chi connectivity index (χ3v) is 0. The van der Waals surface area contributed by atoms with E-state index in [1.807, 2.05) is 0 Å². The van der Waals surface area contributed by atoms with Gasteiger partial charge in [0.1, 0.15) is 0 Å². The standard InChI is InChI=1S/2As.3H2O3Se/c;;3*1-4(2)3/h;;3*(H2,1,2,3)/q2*+3;;;/p-6. The summed E-state index contributed by atoms with van der Waals surface area (Å²) in [5.74, 6) is 0. The van der Waals surface area contributed by atoms with Crippen LogP contribution in [0.25, 0.3) is 0 Å². The number of hydrogen-bond donors (Lipinski definition) is 0. The van der Waals surface area contributed by atoms with Gasteiger partial charge in [-0.15, -0.1) is 0 Å². The third kappa shape index (κ3) is 677. The summed E-state index contributed by atoms with van der Waals surface area (Å²) >= 11 is -11.4. The quantitative estimate of drug-likeness (QED) is 0.274. The fourth-order valence-corrected chi connectivity index (χ4v) is 0. The molecule has 4 radical (unpaired) electrons. The van der Waals surface area contributed by atoms with Crippen LogP contribution >= 0.6 is 0 Å². The summed E-state index contributed by atoms with van der Waals surface area (Å²) in [6, 6.07) is 0. The second-order valence-corrected chi connectivity index (χ2v) is 3.18.